The molecule has 0 fully saturated rings. The van der Waals surface area contributed by atoms with Gasteiger partial charge < -0.3 is 8.83 Å². The molecule has 0 bridgehead atoms. The molecular weight excluding hydrogens is 544 g/mol. The van der Waals surface area contributed by atoms with Crippen molar-refractivity contribution in [2.75, 3.05) is 0 Å². The Morgan fingerprint density at radius 1 is 0.636 bits per heavy atom. The zero-order valence-electron chi connectivity index (χ0n) is 23.4. The summed E-state index contributed by atoms with van der Waals surface area (Å²) in [7, 11) is 0. The average Bonchev–Trinajstić information content (AvgIpc) is 3.69. The number of para-hydroxylation sites is 2. The minimum atomic E-state index is 0.119. The molecule has 0 aliphatic carbocycles. The van der Waals surface area contributed by atoms with E-state index in [1.54, 1.807) is 6.21 Å². The van der Waals surface area contributed by atoms with Crippen LogP contribution in [0, 0.1) is 5.41 Å². The van der Waals surface area contributed by atoms with E-state index in [9.17, 15) is 0 Å². The largest absolute Gasteiger partial charge is 0.455 e. The molecule has 6 heteroatoms. The van der Waals surface area contributed by atoms with Crippen LogP contribution in [-0.2, 0) is 0 Å². The molecule has 44 heavy (non-hydrogen) atoms. The fourth-order valence-electron chi connectivity index (χ4n) is 5.50. The SMILES string of the molecule is N=C(N=C(N=Cc1ccccc1)c1ccccc1)c1ccc2c(ccc3oc(-c4cccc5c4oc4ccccc45)nc32)c1. The van der Waals surface area contributed by atoms with E-state index in [-0.39, 0.29) is 5.84 Å². The minimum absolute atomic E-state index is 0.119. The maximum atomic E-state index is 8.86. The standard InChI is InChI=1S/C38H24N4O2/c39-36(42-37(25-12-5-2-6-13-25)40-23-24-10-3-1-4-11-24)27-18-20-28-26(22-27)19-21-33-34(28)41-38(44-33)31-16-9-15-30-29-14-7-8-17-32(29)43-35(30)31/h1-23,39H. The first-order chi connectivity index (χ1) is 21.7. The molecule has 8 aromatic rings. The van der Waals surface area contributed by atoms with Crippen molar-refractivity contribution in [2.24, 2.45) is 9.98 Å². The number of nitrogens with zero attached hydrogens (tertiary/aromatic N) is 3. The van der Waals surface area contributed by atoms with Gasteiger partial charge in [0, 0.05) is 33.5 Å². The maximum Gasteiger partial charge on any atom is 0.231 e. The van der Waals surface area contributed by atoms with Crippen molar-refractivity contribution in [3.8, 4) is 11.5 Å². The second kappa shape index (κ2) is 10.6. The fraction of sp³-hybridized carbons (Fsp3) is 0. The summed E-state index contributed by atoms with van der Waals surface area (Å²) >= 11 is 0. The van der Waals surface area contributed by atoms with Crippen LogP contribution in [0.3, 0.4) is 0 Å². The van der Waals surface area contributed by atoms with Crippen LogP contribution in [0.4, 0.5) is 0 Å². The quantitative estimate of drug-likeness (QED) is 0.169. The van der Waals surface area contributed by atoms with E-state index in [1.807, 2.05) is 121 Å². The molecule has 8 rings (SSSR count). The second-order valence-electron chi connectivity index (χ2n) is 10.5. The van der Waals surface area contributed by atoms with E-state index >= 15 is 0 Å². The van der Waals surface area contributed by atoms with Gasteiger partial charge >= 0.3 is 0 Å². The molecule has 6 aromatic carbocycles. The number of rotatable bonds is 4. The van der Waals surface area contributed by atoms with Gasteiger partial charge in [0.05, 0.1) is 5.56 Å². The number of amidine groups is 2. The minimum Gasteiger partial charge on any atom is -0.455 e. The Labute approximate surface area is 252 Å². The van der Waals surface area contributed by atoms with Gasteiger partial charge in [-0.1, -0.05) is 109 Å². The van der Waals surface area contributed by atoms with Crippen LogP contribution in [0.5, 0.6) is 0 Å². The average molecular weight is 569 g/mol. The summed E-state index contributed by atoms with van der Waals surface area (Å²) < 4.78 is 12.5. The number of hydrogen-bond donors (Lipinski definition) is 1. The highest BCUT2D eigenvalue weighted by molar-refractivity contribution is 6.15. The summed E-state index contributed by atoms with van der Waals surface area (Å²) in [5, 5.41) is 12.8. The molecule has 0 atom stereocenters. The Morgan fingerprint density at radius 2 is 1.41 bits per heavy atom. The highest BCUT2D eigenvalue weighted by Gasteiger charge is 2.18. The molecule has 0 aliphatic heterocycles. The number of aliphatic imine (C=N–C) groups is 2. The monoisotopic (exact) mass is 568 g/mol. The predicted molar refractivity (Wildman–Crippen MR) is 178 cm³/mol. The Kier molecular flexibility index (Phi) is 6.16. The smallest absolute Gasteiger partial charge is 0.231 e. The fourth-order valence-corrected chi connectivity index (χ4v) is 5.50. The van der Waals surface area contributed by atoms with E-state index in [0.717, 1.165) is 54.9 Å². The highest BCUT2D eigenvalue weighted by atomic mass is 16.4. The molecule has 6 nitrogen and oxygen atoms in total. The lowest BCUT2D eigenvalue weighted by molar-refractivity contribution is 0.615. The van der Waals surface area contributed by atoms with Gasteiger partial charge in [-0.05, 0) is 35.2 Å². The third-order valence-corrected chi connectivity index (χ3v) is 7.67. The van der Waals surface area contributed by atoms with Gasteiger partial charge in [0.15, 0.2) is 17.3 Å². The van der Waals surface area contributed by atoms with Gasteiger partial charge in [0.2, 0.25) is 5.89 Å². The van der Waals surface area contributed by atoms with E-state index in [2.05, 4.69) is 22.1 Å². The maximum absolute atomic E-state index is 8.86. The highest BCUT2D eigenvalue weighted by Crippen LogP contribution is 2.37. The Morgan fingerprint density at radius 3 is 2.27 bits per heavy atom. The predicted octanol–water partition coefficient (Wildman–Crippen LogP) is 9.44. The normalized spacial score (nSPS) is 12.2. The van der Waals surface area contributed by atoms with Crippen LogP contribution in [0.2, 0.25) is 0 Å². The molecular formula is C38H24N4O2. The lowest BCUT2D eigenvalue weighted by Crippen LogP contribution is -2.04. The zero-order chi connectivity index (χ0) is 29.5. The number of fused-ring (bicyclic) bond motifs is 6. The van der Waals surface area contributed by atoms with Crippen molar-refractivity contribution in [1.82, 2.24) is 4.98 Å². The molecule has 208 valence electrons. The Hall–Kier alpha value is -6.14. The first-order valence-electron chi connectivity index (χ1n) is 14.3. The zero-order valence-corrected chi connectivity index (χ0v) is 23.4. The lowest BCUT2D eigenvalue weighted by atomic mass is 10.1. The van der Waals surface area contributed by atoms with Crippen LogP contribution in [0.25, 0.3) is 55.3 Å². The van der Waals surface area contributed by atoms with E-state index in [1.165, 1.54) is 0 Å². The van der Waals surface area contributed by atoms with Gasteiger partial charge in [0.25, 0.3) is 0 Å². The third kappa shape index (κ3) is 4.55. The molecule has 2 aromatic heterocycles. The topological polar surface area (TPSA) is 87.7 Å². The van der Waals surface area contributed by atoms with Crippen molar-refractivity contribution in [2.45, 2.75) is 0 Å². The summed E-state index contributed by atoms with van der Waals surface area (Å²) in [5.41, 5.74) is 6.30. The van der Waals surface area contributed by atoms with Crippen LogP contribution >= 0.6 is 0 Å². The summed E-state index contributed by atoms with van der Waals surface area (Å²) in [6.07, 6.45) is 1.77. The third-order valence-electron chi connectivity index (χ3n) is 7.67. The summed E-state index contributed by atoms with van der Waals surface area (Å²) in [4.78, 5) is 14.2. The summed E-state index contributed by atoms with van der Waals surface area (Å²) in [5.74, 6) is 1.09. The summed E-state index contributed by atoms with van der Waals surface area (Å²) in [6.45, 7) is 0. The van der Waals surface area contributed by atoms with Crippen molar-refractivity contribution >= 4 is 61.7 Å². The number of oxazole rings is 1. The van der Waals surface area contributed by atoms with E-state index in [0.29, 0.717) is 22.9 Å². The molecule has 0 amide bonds. The van der Waals surface area contributed by atoms with Gasteiger partial charge in [-0.15, -0.1) is 0 Å². The van der Waals surface area contributed by atoms with Crippen LogP contribution in [0.15, 0.2) is 152 Å². The molecule has 0 unspecified atom stereocenters. The molecule has 1 N–H and O–H groups in total. The van der Waals surface area contributed by atoms with E-state index in [4.69, 9.17) is 19.2 Å². The van der Waals surface area contributed by atoms with Gasteiger partial charge in [0.1, 0.15) is 16.7 Å². The Bertz CT molecular complexity index is 2400. The van der Waals surface area contributed by atoms with Crippen LogP contribution in [0.1, 0.15) is 16.7 Å². The van der Waals surface area contributed by atoms with Crippen molar-refractivity contribution in [3.63, 3.8) is 0 Å². The number of benzene rings is 6. The molecule has 0 radical (unpaired) electrons. The summed E-state index contributed by atoms with van der Waals surface area (Å²) in [6, 6.07) is 43.3. The number of nitrogens with one attached hydrogen (secondary N) is 1. The number of aromatic nitrogens is 1. The van der Waals surface area contributed by atoms with Gasteiger partial charge in [-0.3, -0.25) is 5.41 Å². The molecule has 0 saturated heterocycles. The molecule has 0 saturated carbocycles. The number of hydrogen-bond acceptors (Lipinski definition) is 4. The second-order valence-corrected chi connectivity index (χ2v) is 10.5. The lowest BCUT2D eigenvalue weighted by Gasteiger charge is -2.05. The van der Waals surface area contributed by atoms with Crippen molar-refractivity contribution in [3.05, 3.63) is 150 Å². The number of furan rings is 1. The Balaban J connectivity index is 1.17. The molecule has 0 spiro atoms. The molecule has 2 heterocycles. The van der Waals surface area contributed by atoms with Crippen LogP contribution in [-0.4, -0.2) is 22.9 Å². The van der Waals surface area contributed by atoms with Crippen molar-refractivity contribution in [1.29, 1.82) is 5.41 Å². The molecule has 0 aliphatic rings. The van der Waals surface area contributed by atoms with Gasteiger partial charge in [-0.2, -0.15) is 0 Å². The first kappa shape index (κ1) is 25.6. The van der Waals surface area contributed by atoms with E-state index < -0.39 is 0 Å². The first-order valence-corrected chi connectivity index (χ1v) is 14.3. The van der Waals surface area contributed by atoms with Crippen molar-refractivity contribution < 1.29 is 8.83 Å². The van der Waals surface area contributed by atoms with Gasteiger partial charge in [-0.25, -0.2) is 15.0 Å². The van der Waals surface area contributed by atoms with Crippen LogP contribution < -0.4 is 0 Å².